The Labute approximate surface area is 71.5 Å². The maximum Gasteiger partial charge on any atom is 0.123 e. The summed E-state index contributed by atoms with van der Waals surface area (Å²) in [5, 5.41) is 0. The number of rotatable bonds is 3. The second-order valence-corrected chi connectivity index (χ2v) is 2.53. The number of hydrogen-bond donors (Lipinski definition) is 0. The van der Waals surface area contributed by atoms with Gasteiger partial charge in [-0.2, -0.15) is 0 Å². The molecule has 1 aromatic carbocycles. The molecule has 1 rings (SSSR count). The second-order valence-electron chi connectivity index (χ2n) is 2.53. The fraction of sp³-hybridized carbons (Fsp3) is 0.200. The minimum absolute atomic E-state index is 0.404. The Balaban J connectivity index is 2.78. The van der Waals surface area contributed by atoms with Crippen LogP contribution in [0.5, 0.6) is 0 Å². The van der Waals surface area contributed by atoms with E-state index in [0.717, 1.165) is 5.56 Å². The minimum atomic E-state index is -0.404. The molecule has 1 aromatic rings. The van der Waals surface area contributed by atoms with Gasteiger partial charge in [0.15, 0.2) is 0 Å². The lowest BCUT2D eigenvalue weighted by Gasteiger charge is -2.00. The van der Waals surface area contributed by atoms with Crippen LogP contribution in [0.15, 0.2) is 30.8 Å². The van der Waals surface area contributed by atoms with Crippen LogP contribution in [0.2, 0.25) is 0 Å². The molecule has 0 N–H and O–H groups in total. The highest BCUT2D eigenvalue weighted by atomic mass is 19.1. The van der Waals surface area contributed by atoms with Gasteiger partial charge in [0.25, 0.3) is 0 Å². The first-order chi connectivity index (χ1) is 5.74. The van der Waals surface area contributed by atoms with Crippen molar-refractivity contribution in [2.75, 3.05) is 7.11 Å². The maximum atomic E-state index is 12.5. The monoisotopic (exact) mass is 166 g/mol. The molecule has 0 aliphatic heterocycles. The van der Waals surface area contributed by atoms with Crippen LogP contribution in [0.1, 0.15) is 11.1 Å². The van der Waals surface area contributed by atoms with Crippen molar-refractivity contribution in [3.63, 3.8) is 0 Å². The summed E-state index contributed by atoms with van der Waals surface area (Å²) < 4.78 is 17.4. The lowest BCUT2D eigenvalue weighted by molar-refractivity contribution is 0.185. The number of methoxy groups -OCH3 is 1. The molecule has 0 heterocycles. The standard InChI is InChI=1S/C10H11FO/c1-8(11)10-5-3-9(4-6-10)7-12-2/h3-6H,1,7H2,2H3. The first-order valence-corrected chi connectivity index (χ1v) is 3.66. The number of hydrogen-bond acceptors (Lipinski definition) is 1. The third-order valence-corrected chi connectivity index (χ3v) is 1.58. The average Bonchev–Trinajstić information content (AvgIpc) is 2.06. The van der Waals surface area contributed by atoms with E-state index in [2.05, 4.69) is 6.58 Å². The molecular formula is C10H11FO. The van der Waals surface area contributed by atoms with Gasteiger partial charge < -0.3 is 4.74 Å². The van der Waals surface area contributed by atoms with Gasteiger partial charge in [0.05, 0.1) is 6.61 Å². The van der Waals surface area contributed by atoms with Crippen LogP contribution in [-0.4, -0.2) is 7.11 Å². The quantitative estimate of drug-likeness (QED) is 0.670. The zero-order valence-corrected chi connectivity index (χ0v) is 7.01. The first kappa shape index (κ1) is 8.94. The molecule has 0 unspecified atom stereocenters. The zero-order chi connectivity index (χ0) is 8.97. The lowest BCUT2D eigenvalue weighted by Crippen LogP contribution is -1.86. The summed E-state index contributed by atoms with van der Waals surface area (Å²) in [5.41, 5.74) is 1.55. The molecule has 0 bridgehead atoms. The van der Waals surface area contributed by atoms with E-state index in [-0.39, 0.29) is 0 Å². The molecule has 0 saturated carbocycles. The molecule has 12 heavy (non-hydrogen) atoms. The normalized spacial score (nSPS) is 9.83. The summed E-state index contributed by atoms with van der Waals surface area (Å²) in [5.74, 6) is -0.404. The summed E-state index contributed by atoms with van der Waals surface area (Å²) in [6, 6.07) is 7.03. The van der Waals surface area contributed by atoms with Crippen molar-refractivity contribution < 1.29 is 9.13 Å². The molecule has 0 fully saturated rings. The van der Waals surface area contributed by atoms with Crippen LogP contribution in [0.3, 0.4) is 0 Å². The molecule has 64 valence electrons. The fourth-order valence-corrected chi connectivity index (χ4v) is 0.948. The average molecular weight is 166 g/mol. The van der Waals surface area contributed by atoms with Crippen molar-refractivity contribution in [3.8, 4) is 0 Å². The van der Waals surface area contributed by atoms with E-state index in [9.17, 15) is 4.39 Å². The molecule has 0 aliphatic rings. The van der Waals surface area contributed by atoms with Crippen LogP contribution >= 0.6 is 0 Å². The highest BCUT2D eigenvalue weighted by Gasteiger charge is 1.96. The van der Waals surface area contributed by atoms with Gasteiger partial charge in [-0.05, 0) is 5.56 Å². The van der Waals surface area contributed by atoms with Gasteiger partial charge in [-0.3, -0.25) is 0 Å². The van der Waals surface area contributed by atoms with Gasteiger partial charge in [-0.25, -0.2) is 4.39 Å². The molecule has 1 nitrogen and oxygen atoms in total. The van der Waals surface area contributed by atoms with E-state index in [1.54, 1.807) is 19.2 Å². The van der Waals surface area contributed by atoms with Crippen LogP contribution in [0.25, 0.3) is 5.83 Å². The molecule has 0 atom stereocenters. The van der Waals surface area contributed by atoms with Gasteiger partial charge >= 0.3 is 0 Å². The molecule has 0 spiro atoms. The molecule has 0 aliphatic carbocycles. The molecule has 2 heteroatoms. The molecule has 0 radical (unpaired) electrons. The Bertz CT molecular complexity index is 264. The maximum absolute atomic E-state index is 12.5. The summed E-state index contributed by atoms with van der Waals surface area (Å²) in [6.07, 6.45) is 0. The van der Waals surface area contributed by atoms with Gasteiger partial charge in [0.1, 0.15) is 5.83 Å². The second kappa shape index (κ2) is 4.02. The zero-order valence-electron chi connectivity index (χ0n) is 7.01. The van der Waals surface area contributed by atoms with E-state index in [4.69, 9.17) is 4.74 Å². The Morgan fingerprint density at radius 2 is 2.00 bits per heavy atom. The van der Waals surface area contributed by atoms with Gasteiger partial charge in [0, 0.05) is 12.7 Å². The smallest absolute Gasteiger partial charge is 0.123 e. The number of benzene rings is 1. The van der Waals surface area contributed by atoms with Gasteiger partial charge in [-0.1, -0.05) is 30.8 Å². The highest BCUT2D eigenvalue weighted by molar-refractivity contribution is 5.56. The Morgan fingerprint density at radius 3 is 2.42 bits per heavy atom. The third-order valence-electron chi connectivity index (χ3n) is 1.58. The van der Waals surface area contributed by atoms with Crippen molar-refractivity contribution in [3.05, 3.63) is 42.0 Å². The van der Waals surface area contributed by atoms with Crippen molar-refractivity contribution >= 4 is 5.83 Å². The third kappa shape index (κ3) is 2.17. The number of halogens is 1. The van der Waals surface area contributed by atoms with E-state index < -0.39 is 5.83 Å². The summed E-state index contributed by atoms with van der Waals surface area (Å²) in [7, 11) is 1.63. The Kier molecular flexibility index (Phi) is 3.00. The van der Waals surface area contributed by atoms with Crippen LogP contribution in [-0.2, 0) is 11.3 Å². The topological polar surface area (TPSA) is 9.23 Å². The Morgan fingerprint density at radius 1 is 1.42 bits per heavy atom. The molecule has 0 aromatic heterocycles. The van der Waals surface area contributed by atoms with Gasteiger partial charge in [-0.15, -0.1) is 0 Å². The molecular weight excluding hydrogens is 155 g/mol. The number of ether oxygens (including phenoxy) is 1. The van der Waals surface area contributed by atoms with Crippen molar-refractivity contribution in [1.82, 2.24) is 0 Å². The van der Waals surface area contributed by atoms with Gasteiger partial charge in [0.2, 0.25) is 0 Å². The predicted molar refractivity (Wildman–Crippen MR) is 47.3 cm³/mol. The molecule has 0 saturated heterocycles. The fourth-order valence-electron chi connectivity index (χ4n) is 0.948. The Hall–Kier alpha value is -1.15. The highest BCUT2D eigenvalue weighted by Crippen LogP contribution is 2.14. The van der Waals surface area contributed by atoms with E-state index in [0.29, 0.717) is 12.2 Å². The predicted octanol–water partition coefficient (Wildman–Crippen LogP) is 2.77. The van der Waals surface area contributed by atoms with Crippen LogP contribution in [0.4, 0.5) is 4.39 Å². The molecule has 0 amide bonds. The summed E-state index contributed by atoms with van der Waals surface area (Å²) in [6.45, 7) is 3.76. The van der Waals surface area contributed by atoms with Crippen molar-refractivity contribution in [2.45, 2.75) is 6.61 Å². The van der Waals surface area contributed by atoms with E-state index >= 15 is 0 Å². The largest absolute Gasteiger partial charge is 0.380 e. The van der Waals surface area contributed by atoms with E-state index in [1.807, 2.05) is 12.1 Å². The first-order valence-electron chi connectivity index (χ1n) is 3.66. The van der Waals surface area contributed by atoms with E-state index in [1.165, 1.54) is 0 Å². The minimum Gasteiger partial charge on any atom is -0.380 e. The van der Waals surface area contributed by atoms with Crippen LogP contribution < -0.4 is 0 Å². The summed E-state index contributed by atoms with van der Waals surface area (Å²) in [4.78, 5) is 0. The van der Waals surface area contributed by atoms with Crippen molar-refractivity contribution in [1.29, 1.82) is 0 Å². The SMILES string of the molecule is C=C(F)c1ccc(COC)cc1. The van der Waals surface area contributed by atoms with Crippen molar-refractivity contribution in [2.24, 2.45) is 0 Å². The van der Waals surface area contributed by atoms with Crippen LogP contribution in [0, 0.1) is 0 Å². The summed E-state index contributed by atoms with van der Waals surface area (Å²) >= 11 is 0. The lowest BCUT2D eigenvalue weighted by atomic mass is 10.1.